The molecule has 0 fully saturated rings. The van der Waals surface area contributed by atoms with E-state index in [1.165, 1.54) is 27.9 Å². The Morgan fingerprint density at radius 1 is 1.43 bits per heavy atom. The van der Waals surface area contributed by atoms with Gasteiger partial charge in [0.2, 0.25) is 0 Å². The molecule has 0 amide bonds. The van der Waals surface area contributed by atoms with Gasteiger partial charge in [0.15, 0.2) is 4.96 Å². The molecule has 0 aliphatic carbocycles. The lowest BCUT2D eigenvalue weighted by Gasteiger charge is -2.01. The smallest absolute Gasteiger partial charge is 0.331 e. The van der Waals surface area contributed by atoms with Crippen LogP contribution in [0.3, 0.4) is 0 Å². The Balaban J connectivity index is 1.66. The zero-order chi connectivity index (χ0) is 14.7. The number of hydrogen-bond acceptors (Lipinski definition) is 6. The number of rotatable bonds is 4. The van der Waals surface area contributed by atoms with Crippen LogP contribution in [0.25, 0.3) is 11.0 Å². The van der Waals surface area contributed by atoms with Gasteiger partial charge < -0.3 is 4.74 Å². The summed E-state index contributed by atoms with van der Waals surface area (Å²) in [6, 6.07) is 3.28. The van der Waals surface area contributed by atoms with E-state index in [0.717, 1.165) is 5.56 Å². The van der Waals surface area contributed by atoms with E-state index in [0.29, 0.717) is 10.7 Å². The third-order valence-corrected chi connectivity index (χ3v) is 4.13. The lowest BCUT2D eigenvalue weighted by molar-refractivity contribution is -0.139. The highest BCUT2D eigenvalue weighted by Gasteiger charge is 2.05. The highest BCUT2D eigenvalue weighted by Crippen LogP contribution is 2.09. The van der Waals surface area contributed by atoms with Crippen LogP contribution in [-0.4, -0.2) is 15.4 Å². The van der Waals surface area contributed by atoms with Crippen LogP contribution < -0.4 is 5.56 Å². The third-order valence-electron chi connectivity index (χ3n) is 2.67. The number of thiazole rings is 1. The molecule has 3 rings (SSSR count). The minimum Gasteiger partial charge on any atom is -0.456 e. The first kappa shape index (κ1) is 13.7. The number of ether oxygens (including phenoxy) is 1. The van der Waals surface area contributed by atoms with Crippen LogP contribution in [0.5, 0.6) is 0 Å². The van der Waals surface area contributed by atoms with E-state index in [1.54, 1.807) is 29.0 Å². The fourth-order valence-corrected chi connectivity index (χ4v) is 3.06. The Kier molecular flexibility index (Phi) is 3.94. The number of fused-ring (bicyclic) bond motifs is 1. The van der Waals surface area contributed by atoms with Gasteiger partial charge in [-0.2, -0.15) is 11.3 Å². The van der Waals surface area contributed by atoms with Gasteiger partial charge in [-0.25, -0.2) is 9.78 Å². The van der Waals surface area contributed by atoms with Crippen molar-refractivity contribution in [2.45, 2.75) is 6.61 Å². The van der Waals surface area contributed by atoms with E-state index < -0.39 is 5.97 Å². The Morgan fingerprint density at radius 3 is 3.14 bits per heavy atom. The molecule has 0 saturated carbocycles. The van der Waals surface area contributed by atoms with Crippen molar-refractivity contribution in [3.05, 3.63) is 62.2 Å². The van der Waals surface area contributed by atoms with E-state index >= 15 is 0 Å². The van der Waals surface area contributed by atoms with Gasteiger partial charge in [0.05, 0.1) is 5.69 Å². The van der Waals surface area contributed by atoms with Crippen molar-refractivity contribution in [1.82, 2.24) is 9.38 Å². The number of hydrogen-bond donors (Lipinski definition) is 0. The van der Waals surface area contributed by atoms with Gasteiger partial charge in [-0.1, -0.05) is 0 Å². The number of thiophene rings is 1. The molecule has 0 bridgehead atoms. The minimum absolute atomic E-state index is 0.0174. The van der Waals surface area contributed by atoms with Crippen LogP contribution in [-0.2, 0) is 16.1 Å². The van der Waals surface area contributed by atoms with Crippen molar-refractivity contribution in [2.75, 3.05) is 0 Å². The van der Waals surface area contributed by atoms with Gasteiger partial charge in [0, 0.05) is 23.7 Å². The van der Waals surface area contributed by atoms with E-state index in [1.807, 2.05) is 16.8 Å². The molecule has 0 unspecified atom stereocenters. The molecule has 0 radical (unpaired) electrons. The Labute approximate surface area is 127 Å². The Morgan fingerprint density at radius 2 is 2.33 bits per heavy atom. The first-order valence-electron chi connectivity index (χ1n) is 6.05. The lowest BCUT2D eigenvalue weighted by Crippen LogP contribution is -2.14. The highest BCUT2D eigenvalue weighted by molar-refractivity contribution is 7.15. The van der Waals surface area contributed by atoms with Crippen molar-refractivity contribution >= 4 is 39.7 Å². The third kappa shape index (κ3) is 3.26. The molecular weight excluding hydrogens is 308 g/mol. The van der Waals surface area contributed by atoms with Crippen molar-refractivity contribution in [3.8, 4) is 0 Å². The van der Waals surface area contributed by atoms with Crippen LogP contribution in [0.15, 0.2) is 45.3 Å². The van der Waals surface area contributed by atoms with Gasteiger partial charge in [-0.05, 0) is 28.5 Å². The number of aromatic nitrogens is 2. The van der Waals surface area contributed by atoms with Gasteiger partial charge >= 0.3 is 5.97 Å². The number of carbonyl (C=O) groups is 1. The SMILES string of the molecule is O=C(/C=C/c1ccsc1)OCc1cc(=O)n2ccsc2n1. The van der Waals surface area contributed by atoms with Crippen LogP contribution in [0.4, 0.5) is 0 Å². The molecule has 0 saturated heterocycles. The summed E-state index contributed by atoms with van der Waals surface area (Å²) in [6.45, 7) is -0.0174. The summed E-state index contributed by atoms with van der Waals surface area (Å²) in [5.74, 6) is -0.464. The maximum atomic E-state index is 11.8. The Hall–Kier alpha value is -2.25. The van der Waals surface area contributed by atoms with Gasteiger partial charge in [-0.15, -0.1) is 11.3 Å². The van der Waals surface area contributed by atoms with Crippen LogP contribution in [0.1, 0.15) is 11.3 Å². The Bertz CT molecular complexity index is 847. The summed E-state index contributed by atoms with van der Waals surface area (Å²) in [5, 5.41) is 5.64. The molecule has 0 atom stereocenters. The molecule has 0 spiro atoms. The summed E-state index contributed by atoms with van der Waals surface area (Å²) >= 11 is 2.91. The van der Waals surface area contributed by atoms with Gasteiger partial charge in [0.1, 0.15) is 6.61 Å². The second-order valence-electron chi connectivity index (χ2n) is 4.14. The lowest BCUT2D eigenvalue weighted by atomic mass is 10.3. The van der Waals surface area contributed by atoms with Crippen LogP contribution in [0.2, 0.25) is 0 Å². The van der Waals surface area contributed by atoms with E-state index in [9.17, 15) is 9.59 Å². The maximum absolute atomic E-state index is 11.8. The molecule has 3 heterocycles. The molecule has 3 aromatic heterocycles. The van der Waals surface area contributed by atoms with Crippen LogP contribution in [0, 0.1) is 0 Å². The first-order valence-corrected chi connectivity index (χ1v) is 7.87. The molecule has 0 aliphatic rings. The predicted octanol–water partition coefficient (Wildman–Crippen LogP) is 2.57. The van der Waals surface area contributed by atoms with Crippen molar-refractivity contribution in [3.63, 3.8) is 0 Å². The minimum atomic E-state index is -0.464. The molecule has 21 heavy (non-hydrogen) atoms. The van der Waals surface area contributed by atoms with Crippen LogP contribution >= 0.6 is 22.7 Å². The molecule has 0 aromatic carbocycles. The molecule has 0 N–H and O–H groups in total. The summed E-state index contributed by atoms with van der Waals surface area (Å²) in [5.41, 5.74) is 1.22. The second-order valence-corrected chi connectivity index (χ2v) is 5.79. The second kappa shape index (κ2) is 6.02. The number of carbonyl (C=O) groups excluding carboxylic acids is 1. The summed E-state index contributed by atoms with van der Waals surface area (Å²) in [7, 11) is 0. The average Bonchev–Trinajstić information content (AvgIpc) is 3.14. The van der Waals surface area contributed by atoms with Gasteiger partial charge in [-0.3, -0.25) is 9.20 Å². The van der Waals surface area contributed by atoms with Gasteiger partial charge in [0.25, 0.3) is 5.56 Å². The van der Waals surface area contributed by atoms with Crippen molar-refractivity contribution < 1.29 is 9.53 Å². The average molecular weight is 318 g/mol. The molecule has 5 nitrogen and oxygen atoms in total. The quantitative estimate of drug-likeness (QED) is 0.548. The molecular formula is C14H10N2O3S2. The topological polar surface area (TPSA) is 60.7 Å². The van der Waals surface area contributed by atoms with Crippen molar-refractivity contribution in [1.29, 1.82) is 0 Å². The first-order chi connectivity index (χ1) is 10.2. The maximum Gasteiger partial charge on any atom is 0.331 e. The fourth-order valence-electron chi connectivity index (χ4n) is 1.69. The molecule has 3 aromatic rings. The predicted molar refractivity (Wildman–Crippen MR) is 82.5 cm³/mol. The van der Waals surface area contributed by atoms with E-state index in [4.69, 9.17) is 4.74 Å². The van der Waals surface area contributed by atoms with E-state index in [-0.39, 0.29) is 12.2 Å². The highest BCUT2D eigenvalue weighted by atomic mass is 32.1. The van der Waals surface area contributed by atoms with Crippen molar-refractivity contribution in [2.24, 2.45) is 0 Å². The molecule has 0 aliphatic heterocycles. The summed E-state index contributed by atoms with van der Waals surface area (Å²) in [6.07, 6.45) is 4.71. The molecule has 106 valence electrons. The van der Waals surface area contributed by atoms with E-state index in [2.05, 4.69) is 4.98 Å². The molecule has 7 heteroatoms. The number of esters is 1. The largest absolute Gasteiger partial charge is 0.456 e. The normalized spacial score (nSPS) is 11.2. The zero-order valence-electron chi connectivity index (χ0n) is 10.8. The summed E-state index contributed by atoms with van der Waals surface area (Å²) < 4.78 is 6.53. The summed E-state index contributed by atoms with van der Waals surface area (Å²) in [4.78, 5) is 28.2. The number of nitrogens with zero attached hydrogens (tertiary/aromatic N) is 2. The zero-order valence-corrected chi connectivity index (χ0v) is 12.4. The monoisotopic (exact) mass is 318 g/mol. The fraction of sp³-hybridized carbons (Fsp3) is 0.0714. The standard InChI is InChI=1S/C14H10N2O3S2/c17-12-7-11(15-14-16(12)4-6-21-14)8-19-13(18)2-1-10-3-5-20-9-10/h1-7,9H,8H2/b2-1+.